The van der Waals surface area contributed by atoms with Crippen LogP contribution in [0.5, 0.6) is 0 Å². The van der Waals surface area contributed by atoms with Crippen molar-refractivity contribution in [1.82, 2.24) is 9.78 Å². The van der Waals surface area contributed by atoms with E-state index in [1.54, 1.807) is 0 Å². The summed E-state index contributed by atoms with van der Waals surface area (Å²) in [4.78, 5) is -0.403. The summed E-state index contributed by atoms with van der Waals surface area (Å²) < 4.78 is 65.8. The molecular weight excluding hydrogens is 433 g/mol. The zero-order valence-corrected chi connectivity index (χ0v) is 16.2. The van der Waals surface area contributed by atoms with Crippen LogP contribution in [0.4, 0.5) is 13.2 Å². The van der Waals surface area contributed by atoms with E-state index in [1.165, 1.54) is 11.6 Å². The van der Waals surface area contributed by atoms with Crippen LogP contribution in [0.25, 0.3) is 16.6 Å². The molecule has 138 valence electrons. The summed E-state index contributed by atoms with van der Waals surface area (Å²) in [5.41, 5.74) is 0.623. The number of benzene rings is 2. The Labute approximate surface area is 156 Å². The molecule has 1 aromatic heterocycles. The van der Waals surface area contributed by atoms with Gasteiger partial charge in [0.2, 0.25) is 0 Å². The predicted octanol–water partition coefficient (Wildman–Crippen LogP) is 4.91. The Hall–Kier alpha value is -1.87. The second-order valence-corrected chi connectivity index (χ2v) is 8.80. The largest absolute Gasteiger partial charge is 0.416 e. The lowest BCUT2D eigenvalue weighted by Gasteiger charge is -2.14. The van der Waals surface area contributed by atoms with Gasteiger partial charge in [0, 0.05) is 5.39 Å². The summed E-state index contributed by atoms with van der Waals surface area (Å²) in [5.74, 6) is -0.321. The van der Waals surface area contributed by atoms with Gasteiger partial charge < -0.3 is 0 Å². The van der Waals surface area contributed by atoms with Crippen molar-refractivity contribution >= 4 is 36.7 Å². The van der Waals surface area contributed by atoms with Gasteiger partial charge in [0.05, 0.1) is 27.4 Å². The minimum Gasteiger partial charge on any atom is -0.224 e. The molecule has 26 heavy (non-hydrogen) atoms. The van der Waals surface area contributed by atoms with Crippen molar-refractivity contribution in [2.45, 2.75) is 24.9 Å². The van der Waals surface area contributed by atoms with Gasteiger partial charge in [-0.1, -0.05) is 13.0 Å². The lowest BCUT2D eigenvalue weighted by Crippen LogP contribution is -2.13. The lowest BCUT2D eigenvalue weighted by atomic mass is 10.2. The van der Waals surface area contributed by atoms with Crippen LogP contribution in [0.3, 0.4) is 0 Å². The number of rotatable bonds is 3. The first-order valence-electron chi connectivity index (χ1n) is 7.64. The fourth-order valence-corrected chi connectivity index (χ4v) is 4.29. The van der Waals surface area contributed by atoms with Crippen molar-refractivity contribution in [2.24, 2.45) is 0 Å². The quantitative estimate of drug-likeness (QED) is 0.574. The van der Waals surface area contributed by atoms with E-state index in [1.807, 2.05) is 25.1 Å². The Morgan fingerprint density at radius 3 is 2.46 bits per heavy atom. The molecular formula is C17H14BrF3N2O2S. The van der Waals surface area contributed by atoms with Gasteiger partial charge in [0.15, 0.2) is 9.84 Å². The molecule has 0 spiro atoms. The maximum atomic E-state index is 13.1. The first-order valence-corrected chi connectivity index (χ1v) is 10.1. The molecule has 2 aromatic carbocycles. The predicted molar refractivity (Wildman–Crippen MR) is 96.2 cm³/mol. The summed E-state index contributed by atoms with van der Waals surface area (Å²) in [6, 6.07) is 8.15. The molecule has 0 aliphatic heterocycles. The van der Waals surface area contributed by atoms with Gasteiger partial charge in [-0.3, -0.25) is 0 Å². The first kappa shape index (κ1) is 18.9. The van der Waals surface area contributed by atoms with Crippen molar-refractivity contribution in [3.05, 3.63) is 52.1 Å². The molecule has 0 saturated heterocycles. The van der Waals surface area contributed by atoms with Crippen LogP contribution in [-0.4, -0.2) is 24.0 Å². The monoisotopic (exact) mass is 446 g/mol. The van der Waals surface area contributed by atoms with Crippen molar-refractivity contribution in [1.29, 1.82) is 0 Å². The summed E-state index contributed by atoms with van der Waals surface area (Å²) >= 11 is 3.38. The van der Waals surface area contributed by atoms with Gasteiger partial charge in [0.25, 0.3) is 0 Å². The molecule has 3 aromatic rings. The van der Waals surface area contributed by atoms with Crippen LogP contribution in [0.2, 0.25) is 0 Å². The average Bonchev–Trinajstić information content (AvgIpc) is 2.89. The van der Waals surface area contributed by atoms with E-state index >= 15 is 0 Å². The molecule has 0 atom stereocenters. The van der Waals surface area contributed by atoms with Crippen molar-refractivity contribution in [3.63, 3.8) is 0 Å². The lowest BCUT2D eigenvalue weighted by molar-refractivity contribution is -0.137. The molecule has 0 saturated carbocycles. The Bertz CT molecular complexity index is 1110. The van der Waals surface area contributed by atoms with Crippen LogP contribution >= 0.6 is 15.9 Å². The van der Waals surface area contributed by atoms with Crippen LogP contribution in [-0.2, 0) is 16.0 Å². The molecule has 4 nitrogen and oxygen atoms in total. The van der Waals surface area contributed by atoms with Gasteiger partial charge in [-0.2, -0.15) is 18.3 Å². The second kappa shape index (κ2) is 6.38. The normalized spacial score (nSPS) is 12.7. The molecule has 0 unspecified atom stereocenters. The second-order valence-electron chi connectivity index (χ2n) is 5.81. The molecule has 0 amide bonds. The maximum Gasteiger partial charge on any atom is 0.416 e. The van der Waals surface area contributed by atoms with Gasteiger partial charge in [-0.25, -0.2) is 13.1 Å². The van der Waals surface area contributed by atoms with Crippen molar-refractivity contribution in [3.8, 4) is 5.69 Å². The van der Waals surface area contributed by atoms with E-state index in [0.717, 1.165) is 23.1 Å². The fourth-order valence-electron chi connectivity index (χ4n) is 2.59. The highest BCUT2D eigenvalue weighted by atomic mass is 79.9. The van der Waals surface area contributed by atoms with E-state index in [9.17, 15) is 21.6 Å². The molecule has 0 fully saturated rings. The van der Waals surface area contributed by atoms with Crippen LogP contribution < -0.4 is 0 Å². The molecule has 0 radical (unpaired) electrons. The Morgan fingerprint density at radius 2 is 1.85 bits per heavy atom. The fraction of sp³-hybridized carbons (Fsp3) is 0.235. The SMILES string of the molecule is CCS(=O)(=O)c1cc(C(F)(F)F)ccc1-n1nc2cc(C)ccc2c1Br. The highest BCUT2D eigenvalue weighted by molar-refractivity contribution is 9.10. The summed E-state index contributed by atoms with van der Waals surface area (Å²) in [6.07, 6.45) is -4.64. The number of aromatic nitrogens is 2. The Morgan fingerprint density at radius 1 is 1.15 bits per heavy atom. The number of fused-ring (bicyclic) bond motifs is 1. The van der Waals surface area contributed by atoms with E-state index < -0.39 is 26.5 Å². The van der Waals surface area contributed by atoms with Crippen molar-refractivity contribution < 1.29 is 21.6 Å². The van der Waals surface area contributed by atoms with E-state index in [2.05, 4.69) is 21.0 Å². The number of hydrogen-bond donors (Lipinski definition) is 0. The van der Waals surface area contributed by atoms with E-state index in [4.69, 9.17) is 0 Å². The molecule has 3 rings (SSSR count). The van der Waals surface area contributed by atoms with E-state index in [-0.39, 0.29) is 11.4 Å². The molecule has 0 N–H and O–H groups in total. The van der Waals surface area contributed by atoms with Crippen LogP contribution in [0.1, 0.15) is 18.1 Å². The topological polar surface area (TPSA) is 52.0 Å². The van der Waals surface area contributed by atoms with Crippen LogP contribution in [0, 0.1) is 6.92 Å². The zero-order valence-electron chi connectivity index (χ0n) is 13.8. The number of hydrogen-bond acceptors (Lipinski definition) is 3. The Kier molecular flexibility index (Phi) is 4.64. The van der Waals surface area contributed by atoms with Gasteiger partial charge in [-0.15, -0.1) is 0 Å². The minimum absolute atomic E-state index is 0.0700. The highest BCUT2D eigenvalue weighted by Crippen LogP contribution is 2.35. The van der Waals surface area contributed by atoms with Crippen molar-refractivity contribution in [2.75, 3.05) is 5.75 Å². The number of nitrogens with zero attached hydrogens (tertiary/aromatic N) is 2. The molecule has 9 heteroatoms. The third kappa shape index (κ3) is 3.25. The average molecular weight is 447 g/mol. The number of sulfone groups is 1. The third-order valence-electron chi connectivity index (χ3n) is 4.00. The van der Waals surface area contributed by atoms with Crippen LogP contribution in [0.15, 0.2) is 45.9 Å². The third-order valence-corrected chi connectivity index (χ3v) is 6.52. The molecule has 1 heterocycles. The van der Waals surface area contributed by atoms with Gasteiger partial charge in [0.1, 0.15) is 4.60 Å². The highest BCUT2D eigenvalue weighted by Gasteiger charge is 2.33. The number of halogens is 4. The first-order chi connectivity index (χ1) is 12.0. The standard InChI is InChI=1S/C17H14BrF3N2O2S/c1-3-26(24,25)15-9-11(17(19,20)21)5-7-14(15)23-16(18)12-6-4-10(2)8-13(12)22-23/h4-9H,3H2,1-2H3. The Balaban J connectivity index is 2.33. The zero-order chi connectivity index (χ0) is 19.3. The summed E-state index contributed by atoms with van der Waals surface area (Å²) in [7, 11) is -3.90. The molecule has 0 aliphatic rings. The summed E-state index contributed by atoms with van der Waals surface area (Å²) in [5, 5.41) is 5.10. The minimum atomic E-state index is -4.64. The van der Waals surface area contributed by atoms with Gasteiger partial charge >= 0.3 is 6.18 Å². The summed E-state index contributed by atoms with van der Waals surface area (Å²) in [6.45, 7) is 3.27. The molecule has 0 bridgehead atoms. The maximum absolute atomic E-state index is 13.1. The van der Waals surface area contributed by atoms with Gasteiger partial charge in [-0.05, 0) is 58.7 Å². The molecule has 0 aliphatic carbocycles. The van der Waals surface area contributed by atoms with E-state index in [0.29, 0.717) is 16.2 Å². The number of alkyl halides is 3. The number of aryl methyl sites for hydroxylation is 1. The smallest absolute Gasteiger partial charge is 0.224 e.